The molecule has 0 unspecified atom stereocenters. The number of H-pyrrole nitrogens is 1. The summed E-state index contributed by atoms with van der Waals surface area (Å²) in [6.45, 7) is 15.6. The van der Waals surface area contributed by atoms with Crippen molar-refractivity contribution in [2.45, 2.75) is 78.6 Å². The van der Waals surface area contributed by atoms with Gasteiger partial charge in [-0.25, -0.2) is 4.79 Å². The summed E-state index contributed by atoms with van der Waals surface area (Å²) in [7, 11) is -0.0242. The molecule has 0 saturated heterocycles. The Labute approximate surface area is 203 Å². The summed E-state index contributed by atoms with van der Waals surface area (Å²) in [4.78, 5) is 15.4. The summed E-state index contributed by atoms with van der Waals surface area (Å²) in [6, 6.07) is 4.03. The van der Waals surface area contributed by atoms with Gasteiger partial charge < -0.3 is 19.6 Å². The first-order chi connectivity index (χ1) is 15.8. The summed E-state index contributed by atoms with van der Waals surface area (Å²) < 4.78 is 8.04. The van der Waals surface area contributed by atoms with Crippen LogP contribution in [0.15, 0.2) is 12.1 Å². The third-order valence-electron chi connectivity index (χ3n) is 7.32. The Morgan fingerprint density at radius 2 is 1.91 bits per heavy atom. The van der Waals surface area contributed by atoms with Crippen LogP contribution in [0.3, 0.4) is 0 Å². The number of carbonyl (C=O) groups is 1. The van der Waals surface area contributed by atoms with Crippen LogP contribution in [0, 0.1) is 6.92 Å². The van der Waals surface area contributed by atoms with E-state index in [1.165, 1.54) is 0 Å². The predicted molar refractivity (Wildman–Crippen MR) is 139 cm³/mol. The minimum Gasteiger partial charge on any atom is -0.477 e. The predicted octanol–water partition coefficient (Wildman–Crippen LogP) is 5.58. The van der Waals surface area contributed by atoms with E-state index in [9.17, 15) is 15.0 Å². The Bertz CT molecular complexity index is 1200. The number of nitrogens with one attached hydrogen (secondary N) is 1. The van der Waals surface area contributed by atoms with Crippen LogP contribution < -0.4 is 0 Å². The molecule has 0 fully saturated rings. The lowest BCUT2D eigenvalue weighted by molar-refractivity contribution is 0.0690. The van der Waals surface area contributed by atoms with Crippen LogP contribution >= 0.6 is 0 Å². The van der Waals surface area contributed by atoms with Gasteiger partial charge in [-0.2, -0.15) is 5.10 Å². The number of aryl methyl sites for hydroxylation is 4. The Morgan fingerprint density at radius 3 is 2.47 bits per heavy atom. The van der Waals surface area contributed by atoms with E-state index in [4.69, 9.17) is 4.43 Å². The average Bonchev–Trinajstić information content (AvgIpc) is 3.27. The molecule has 0 aliphatic carbocycles. The highest BCUT2D eigenvalue weighted by Crippen LogP contribution is 2.39. The normalized spacial score (nSPS) is 12.6. The minimum absolute atomic E-state index is 0.136. The average molecular weight is 486 g/mol. The first kappa shape index (κ1) is 26.2. The molecule has 0 radical (unpaired) electrons. The summed E-state index contributed by atoms with van der Waals surface area (Å²) in [6.07, 6.45) is 2.07. The zero-order chi connectivity index (χ0) is 25.4. The Kier molecular flexibility index (Phi) is 7.45. The lowest BCUT2D eigenvalue weighted by Gasteiger charge is -2.36. The number of carboxylic acid groups (broad SMARTS) is 1. The Morgan fingerprint density at radius 1 is 1.24 bits per heavy atom. The fraction of sp³-hybridized carbons (Fsp3) is 0.538. The van der Waals surface area contributed by atoms with Crippen molar-refractivity contribution in [1.29, 1.82) is 0 Å². The number of aliphatic hydroxyl groups excluding tert-OH is 1. The molecule has 0 atom stereocenters. The molecule has 0 saturated carbocycles. The third-order valence-corrected chi connectivity index (χ3v) is 11.9. The van der Waals surface area contributed by atoms with Gasteiger partial charge in [0.1, 0.15) is 5.69 Å². The zero-order valence-corrected chi connectivity index (χ0v) is 22.8. The van der Waals surface area contributed by atoms with E-state index >= 15 is 0 Å². The van der Waals surface area contributed by atoms with Crippen LogP contribution in [0.4, 0.5) is 0 Å². The number of carboxylic acids is 1. The largest absolute Gasteiger partial charge is 0.477 e. The van der Waals surface area contributed by atoms with Gasteiger partial charge in [-0.1, -0.05) is 39.8 Å². The van der Waals surface area contributed by atoms with Gasteiger partial charge in [-0.15, -0.1) is 0 Å². The van der Waals surface area contributed by atoms with Gasteiger partial charge in [-0.3, -0.25) is 4.68 Å². The molecule has 3 rings (SSSR count). The molecule has 186 valence electrons. The van der Waals surface area contributed by atoms with Crippen molar-refractivity contribution < 1.29 is 19.4 Å². The van der Waals surface area contributed by atoms with Crippen molar-refractivity contribution in [3.05, 3.63) is 40.3 Å². The molecule has 0 aliphatic heterocycles. The van der Waals surface area contributed by atoms with Gasteiger partial charge in [0.15, 0.2) is 8.32 Å². The van der Waals surface area contributed by atoms with E-state index in [0.29, 0.717) is 19.4 Å². The number of nitrogens with zero attached hydrogens (tertiary/aromatic N) is 2. The van der Waals surface area contributed by atoms with Crippen molar-refractivity contribution in [3.8, 4) is 11.1 Å². The van der Waals surface area contributed by atoms with E-state index in [0.717, 1.165) is 51.0 Å². The number of benzene rings is 1. The van der Waals surface area contributed by atoms with Crippen molar-refractivity contribution in [1.82, 2.24) is 14.8 Å². The van der Waals surface area contributed by atoms with Crippen molar-refractivity contribution in [3.63, 3.8) is 0 Å². The van der Waals surface area contributed by atoms with Crippen LogP contribution in [0.5, 0.6) is 0 Å². The van der Waals surface area contributed by atoms with E-state index in [1.54, 1.807) is 4.68 Å². The molecule has 2 aromatic heterocycles. The van der Waals surface area contributed by atoms with Gasteiger partial charge in [-0.05, 0) is 55.4 Å². The summed E-state index contributed by atoms with van der Waals surface area (Å²) in [5.74, 6) is -0.968. The van der Waals surface area contributed by atoms with Crippen LogP contribution in [0.25, 0.3) is 22.0 Å². The summed E-state index contributed by atoms with van der Waals surface area (Å²) >= 11 is 0. The van der Waals surface area contributed by atoms with E-state index in [2.05, 4.69) is 43.9 Å². The molecule has 0 bridgehead atoms. The molecule has 2 heterocycles. The van der Waals surface area contributed by atoms with Gasteiger partial charge in [0.25, 0.3) is 0 Å². The second kappa shape index (κ2) is 9.68. The van der Waals surface area contributed by atoms with Gasteiger partial charge >= 0.3 is 5.97 Å². The molecule has 0 spiro atoms. The zero-order valence-electron chi connectivity index (χ0n) is 21.8. The van der Waals surface area contributed by atoms with Crippen LogP contribution in [0.2, 0.25) is 18.1 Å². The molecular formula is C26H39N3O4Si. The molecule has 0 amide bonds. The Hall–Kier alpha value is -2.42. The first-order valence-corrected chi connectivity index (χ1v) is 14.9. The number of fused-ring (bicyclic) bond motifs is 1. The van der Waals surface area contributed by atoms with Gasteiger partial charge in [0.05, 0.1) is 23.5 Å². The van der Waals surface area contributed by atoms with Crippen LogP contribution in [0.1, 0.15) is 67.1 Å². The van der Waals surface area contributed by atoms with Crippen LogP contribution in [-0.2, 0) is 30.9 Å². The third kappa shape index (κ3) is 4.71. The smallest absolute Gasteiger partial charge is 0.352 e. The molecule has 7 nitrogen and oxygen atoms in total. The first-order valence-electron chi connectivity index (χ1n) is 12.0. The summed E-state index contributed by atoms with van der Waals surface area (Å²) in [5.41, 5.74) is 6.24. The van der Waals surface area contributed by atoms with Gasteiger partial charge in [0, 0.05) is 30.2 Å². The number of hydrogen-bond acceptors (Lipinski definition) is 4. The SMILES string of the molecule is CCc1nn(C)c(CO)c1-c1c(C)ccc2c(CCCO[Si](C)(C)C(C)(C)C)c(C(=O)O)[nH]c12. The van der Waals surface area contributed by atoms with Crippen molar-refractivity contribution >= 4 is 25.2 Å². The van der Waals surface area contributed by atoms with Crippen LogP contribution in [-0.4, -0.2) is 45.9 Å². The molecule has 0 aliphatic rings. The number of hydrogen-bond donors (Lipinski definition) is 3. The maximum absolute atomic E-state index is 12.2. The highest BCUT2D eigenvalue weighted by atomic mass is 28.4. The second-order valence-electron chi connectivity index (χ2n) is 10.6. The molecule has 34 heavy (non-hydrogen) atoms. The second-order valence-corrected chi connectivity index (χ2v) is 15.4. The lowest BCUT2D eigenvalue weighted by atomic mass is 9.93. The van der Waals surface area contributed by atoms with E-state index in [1.807, 2.05) is 33.0 Å². The number of aliphatic hydroxyl groups is 1. The number of rotatable bonds is 9. The number of aromatic carboxylic acids is 1. The Balaban J connectivity index is 2.06. The van der Waals surface area contributed by atoms with E-state index in [-0.39, 0.29) is 17.3 Å². The maximum atomic E-state index is 12.2. The highest BCUT2D eigenvalue weighted by molar-refractivity contribution is 6.74. The maximum Gasteiger partial charge on any atom is 0.352 e. The number of aromatic amines is 1. The molecule has 1 aromatic carbocycles. The quantitative estimate of drug-likeness (QED) is 0.271. The monoisotopic (exact) mass is 485 g/mol. The lowest BCUT2D eigenvalue weighted by Crippen LogP contribution is -2.41. The summed E-state index contributed by atoms with van der Waals surface area (Å²) in [5, 5.41) is 25.7. The standard InChI is InChI=1S/C26H39N3O4Si/c1-9-19-22(20(15-30)29(6)28-19)21-16(2)12-13-18-17(24(25(31)32)27-23(18)21)11-10-14-33-34(7,8)26(3,4)5/h12-13,27,30H,9-11,14-15H2,1-8H3,(H,31,32). The molecule has 3 N–H and O–H groups in total. The minimum atomic E-state index is -1.85. The van der Waals surface area contributed by atoms with Gasteiger partial charge in [0.2, 0.25) is 0 Å². The molecule has 3 aromatic rings. The molecule has 8 heteroatoms. The number of aromatic nitrogens is 3. The van der Waals surface area contributed by atoms with Crippen molar-refractivity contribution in [2.24, 2.45) is 7.05 Å². The van der Waals surface area contributed by atoms with Crippen molar-refractivity contribution in [2.75, 3.05) is 6.61 Å². The topological polar surface area (TPSA) is 100 Å². The van der Waals surface area contributed by atoms with E-state index < -0.39 is 14.3 Å². The fourth-order valence-corrected chi connectivity index (χ4v) is 5.41. The highest BCUT2D eigenvalue weighted by Gasteiger charge is 2.37. The molecular weight excluding hydrogens is 446 g/mol. The fourth-order valence-electron chi connectivity index (χ4n) is 4.32.